The molecule has 2 rings (SSSR count). The van der Waals surface area contributed by atoms with Crippen molar-refractivity contribution in [3.8, 4) is 5.75 Å². The quantitative estimate of drug-likeness (QED) is 0.858. The summed E-state index contributed by atoms with van der Waals surface area (Å²) in [5, 5.41) is 2.98. The molecule has 3 heteroatoms. The van der Waals surface area contributed by atoms with Crippen molar-refractivity contribution >= 4 is 11.6 Å². The Labute approximate surface area is 138 Å². The lowest BCUT2D eigenvalue weighted by Gasteiger charge is -2.19. The van der Waals surface area contributed by atoms with Crippen LogP contribution in [0.5, 0.6) is 5.75 Å². The van der Waals surface area contributed by atoms with Crippen LogP contribution in [-0.4, -0.2) is 12.0 Å². The molecule has 2 aromatic rings. The number of benzene rings is 2. The van der Waals surface area contributed by atoms with E-state index in [0.717, 1.165) is 28.1 Å². The number of carbonyl (C=O) groups is 1. The van der Waals surface area contributed by atoms with Gasteiger partial charge in [0.05, 0.1) is 0 Å². The van der Waals surface area contributed by atoms with Gasteiger partial charge in [0.25, 0.3) is 5.91 Å². The van der Waals surface area contributed by atoms with Crippen LogP contribution < -0.4 is 10.1 Å². The fourth-order valence-corrected chi connectivity index (χ4v) is 2.43. The number of hydrogen-bond acceptors (Lipinski definition) is 2. The number of amides is 1. The molecule has 1 N–H and O–H groups in total. The second-order valence-electron chi connectivity index (χ2n) is 6.26. The third kappa shape index (κ3) is 4.35. The van der Waals surface area contributed by atoms with Gasteiger partial charge in [0.15, 0.2) is 6.10 Å². The highest BCUT2D eigenvalue weighted by atomic mass is 16.5. The molecule has 3 nitrogen and oxygen atoms in total. The van der Waals surface area contributed by atoms with Gasteiger partial charge in [-0.15, -0.1) is 0 Å². The minimum absolute atomic E-state index is 0.140. The van der Waals surface area contributed by atoms with Crippen molar-refractivity contribution in [2.24, 2.45) is 0 Å². The maximum atomic E-state index is 12.5. The van der Waals surface area contributed by atoms with E-state index in [1.54, 1.807) is 6.92 Å². The van der Waals surface area contributed by atoms with Crippen LogP contribution in [0.1, 0.15) is 43.4 Å². The topological polar surface area (TPSA) is 38.3 Å². The maximum Gasteiger partial charge on any atom is 0.265 e. The monoisotopic (exact) mass is 311 g/mol. The Kier molecular flexibility index (Phi) is 5.43. The smallest absolute Gasteiger partial charge is 0.265 e. The van der Waals surface area contributed by atoms with E-state index in [1.807, 2.05) is 56.3 Å². The molecule has 23 heavy (non-hydrogen) atoms. The zero-order valence-corrected chi connectivity index (χ0v) is 14.5. The summed E-state index contributed by atoms with van der Waals surface area (Å²) in [6.07, 6.45) is -0.560. The summed E-state index contributed by atoms with van der Waals surface area (Å²) in [4.78, 5) is 12.5. The minimum atomic E-state index is -0.560. The van der Waals surface area contributed by atoms with E-state index in [1.165, 1.54) is 0 Å². The summed E-state index contributed by atoms with van der Waals surface area (Å²) in [6.45, 7) is 9.99. The largest absolute Gasteiger partial charge is 0.481 e. The summed E-state index contributed by atoms with van der Waals surface area (Å²) in [5.41, 5.74) is 4.12. The number of aryl methyl sites for hydroxylation is 2. The summed E-state index contributed by atoms with van der Waals surface area (Å²) in [5.74, 6) is 0.963. The number of nitrogens with one attached hydrogen (secondary N) is 1. The molecule has 0 aliphatic carbocycles. The van der Waals surface area contributed by atoms with Crippen LogP contribution in [0, 0.1) is 13.8 Å². The van der Waals surface area contributed by atoms with E-state index >= 15 is 0 Å². The number of carbonyl (C=O) groups excluding carboxylic acids is 1. The first-order valence-electron chi connectivity index (χ1n) is 8.02. The van der Waals surface area contributed by atoms with Crippen LogP contribution in [0.25, 0.3) is 0 Å². The van der Waals surface area contributed by atoms with Crippen molar-refractivity contribution in [1.29, 1.82) is 0 Å². The molecule has 2 aromatic carbocycles. The Balaban J connectivity index is 2.10. The van der Waals surface area contributed by atoms with E-state index in [2.05, 4.69) is 19.2 Å². The average molecular weight is 311 g/mol. The molecule has 0 radical (unpaired) electrons. The van der Waals surface area contributed by atoms with Gasteiger partial charge in [-0.2, -0.15) is 0 Å². The molecule has 0 saturated heterocycles. The van der Waals surface area contributed by atoms with Gasteiger partial charge in [0.1, 0.15) is 5.75 Å². The van der Waals surface area contributed by atoms with Gasteiger partial charge >= 0.3 is 0 Å². The summed E-state index contributed by atoms with van der Waals surface area (Å²) >= 11 is 0. The first-order valence-corrected chi connectivity index (χ1v) is 8.02. The van der Waals surface area contributed by atoms with Crippen molar-refractivity contribution in [2.45, 2.75) is 46.6 Å². The summed E-state index contributed by atoms with van der Waals surface area (Å²) in [7, 11) is 0. The normalized spacial score (nSPS) is 12.1. The van der Waals surface area contributed by atoms with Crippen molar-refractivity contribution in [2.75, 3.05) is 5.32 Å². The zero-order valence-electron chi connectivity index (χ0n) is 14.5. The second kappa shape index (κ2) is 7.32. The molecule has 0 spiro atoms. The van der Waals surface area contributed by atoms with Crippen molar-refractivity contribution in [1.82, 2.24) is 0 Å². The Morgan fingerprint density at radius 3 is 2.43 bits per heavy atom. The molecule has 0 aliphatic rings. The molecule has 0 aliphatic heterocycles. The van der Waals surface area contributed by atoms with E-state index in [9.17, 15) is 4.79 Å². The first kappa shape index (κ1) is 17.1. The van der Waals surface area contributed by atoms with Gasteiger partial charge < -0.3 is 10.1 Å². The SMILES string of the molecule is Cc1ccc(C)c(OC(C)C(=O)Nc2ccccc2C(C)C)c1. The highest BCUT2D eigenvalue weighted by Crippen LogP contribution is 2.25. The Morgan fingerprint density at radius 2 is 1.74 bits per heavy atom. The van der Waals surface area contributed by atoms with Gasteiger partial charge in [-0.25, -0.2) is 0 Å². The van der Waals surface area contributed by atoms with Gasteiger partial charge in [0.2, 0.25) is 0 Å². The first-order chi connectivity index (χ1) is 10.9. The summed E-state index contributed by atoms with van der Waals surface area (Å²) < 4.78 is 5.85. The fraction of sp³-hybridized carbons (Fsp3) is 0.350. The number of para-hydroxylation sites is 1. The Morgan fingerprint density at radius 1 is 1.04 bits per heavy atom. The van der Waals surface area contributed by atoms with Crippen molar-refractivity contribution in [3.05, 3.63) is 59.2 Å². The molecule has 0 aromatic heterocycles. The number of ether oxygens (including phenoxy) is 1. The number of rotatable bonds is 5. The van der Waals surface area contributed by atoms with Crippen LogP contribution in [0.15, 0.2) is 42.5 Å². The van der Waals surface area contributed by atoms with Gasteiger partial charge in [-0.05, 0) is 55.5 Å². The molecule has 1 amide bonds. The van der Waals surface area contributed by atoms with Gasteiger partial charge in [-0.1, -0.05) is 44.2 Å². The standard InChI is InChI=1S/C20H25NO2/c1-13(2)17-8-6-7-9-18(17)21-20(22)16(5)23-19-12-14(3)10-11-15(19)4/h6-13,16H,1-5H3,(H,21,22). The maximum absolute atomic E-state index is 12.5. The van der Waals surface area contributed by atoms with Gasteiger partial charge in [-0.3, -0.25) is 4.79 Å². The van der Waals surface area contributed by atoms with Crippen molar-refractivity contribution < 1.29 is 9.53 Å². The minimum Gasteiger partial charge on any atom is -0.481 e. The predicted octanol–water partition coefficient (Wildman–Crippen LogP) is 4.83. The van der Waals surface area contributed by atoms with Crippen LogP contribution in [0.2, 0.25) is 0 Å². The third-order valence-electron chi connectivity index (χ3n) is 3.86. The molecule has 1 atom stereocenters. The van der Waals surface area contributed by atoms with Crippen molar-refractivity contribution in [3.63, 3.8) is 0 Å². The van der Waals surface area contributed by atoms with Crippen LogP contribution in [0.3, 0.4) is 0 Å². The highest BCUT2D eigenvalue weighted by Gasteiger charge is 2.17. The lowest BCUT2D eigenvalue weighted by Crippen LogP contribution is -2.30. The molecule has 0 fully saturated rings. The molecule has 0 heterocycles. The molecule has 0 saturated carbocycles. The van der Waals surface area contributed by atoms with Gasteiger partial charge in [0, 0.05) is 5.69 Å². The van der Waals surface area contributed by atoms with E-state index in [0.29, 0.717) is 5.92 Å². The third-order valence-corrected chi connectivity index (χ3v) is 3.86. The molecule has 0 bridgehead atoms. The molecular weight excluding hydrogens is 286 g/mol. The number of hydrogen-bond donors (Lipinski definition) is 1. The lowest BCUT2D eigenvalue weighted by molar-refractivity contribution is -0.122. The van der Waals surface area contributed by atoms with E-state index in [-0.39, 0.29) is 5.91 Å². The Hall–Kier alpha value is -2.29. The van der Waals surface area contributed by atoms with Crippen LogP contribution >= 0.6 is 0 Å². The highest BCUT2D eigenvalue weighted by molar-refractivity contribution is 5.94. The molecule has 122 valence electrons. The zero-order chi connectivity index (χ0) is 17.0. The second-order valence-corrected chi connectivity index (χ2v) is 6.26. The average Bonchev–Trinajstić information content (AvgIpc) is 2.51. The van der Waals surface area contributed by atoms with E-state index in [4.69, 9.17) is 4.74 Å². The number of anilines is 1. The molecular formula is C20H25NO2. The van der Waals surface area contributed by atoms with Crippen LogP contribution in [-0.2, 0) is 4.79 Å². The fourth-order valence-electron chi connectivity index (χ4n) is 2.43. The van der Waals surface area contributed by atoms with Crippen LogP contribution in [0.4, 0.5) is 5.69 Å². The Bertz CT molecular complexity index is 692. The van der Waals surface area contributed by atoms with E-state index < -0.39 is 6.10 Å². The summed E-state index contributed by atoms with van der Waals surface area (Å²) in [6, 6.07) is 13.9. The lowest BCUT2D eigenvalue weighted by atomic mass is 10.0. The predicted molar refractivity (Wildman–Crippen MR) is 95.2 cm³/mol. The molecule has 1 unspecified atom stereocenters.